The van der Waals surface area contributed by atoms with Gasteiger partial charge >= 0.3 is 0 Å². The maximum Gasteiger partial charge on any atom is 0.147 e. The number of halogens is 1. The Bertz CT molecular complexity index is 737. The Hall–Kier alpha value is -2.36. The summed E-state index contributed by atoms with van der Waals surface area (Å²) >= 11 is 6.42. The van der Waals surface area contributed by atoms with Gasteiger partial charge in [0.1, 0.15) is 5.82 Å². The SMILES string of the molecule is OCc1cnc(N(Cc2ccccc2)Cc2ccccc2)c(Cl)c1. The predicted molar refractivity (Wildman–Crippen MR) is 97.9 cm³/mol. The van der Waals surface area contributed by atoms with Gasteiger partial charge in [-0.3, -0.25) is 0 Å². The molecule has 0 saturated carbocycles. The summed E-state index contributed by atoms with van der Waals surface area (Å²) in [5, 5.41) is 9.80. The quantitative estimate of drug-likeness (QED) is 0.722. The molecule has 0 unspecified atom stereocenters. The Balaban J connectivity index is 1.92. The second-order valence-corrected chi connectivity index (χ2v) is 6.04. The molecule has 122 valence electrons. The van der Waals surface area contributed by atoms with Crippen molar-refractivity contribution in [1.29, 1.82) is 0 Å². The standard InChI is InChI=1S/C20H19ClN2O/c21-19-11-18(15-24)12-22-20(19)23(13-16-7-3-1-4-8-16)14-17-9-5-2-6-10-17/h1-12,24H,13-15H2. The molecule has 0 bridgehead atoms. The van der Waals surface area contributed by atoms with Crippen LogP contribution < -0.4 is 4.90 Å². The summed E-state index contributed by atoms with van der Waals surface area (Å²) in [6.45, 7) is 1.35. The summed E-state index contributed by atoms with van der Waals surface area (Å²) in [6, 6.07) is 22.3. The summed E-state index contributed by atoms with van der Waals surface area (Å²) in [4.78, 5) is 6.62. The van der Waals surface area contributed by atoms with E-state index in [2.05, 4.69) is 34.1 Å². The third-order valence-electron chi connectivity index (χ3n) is 3.79. The number of hydrogen-bond acceptors (Lipinski definition) is 3. The van der Waals surface area contributed by atoms with Crippen molar-refractivity contribution in [2.24, 2.45) is 0 Å². The van der Waals surface area contributed by atoms with Crippen molar-refractivity contribution in [3.63, 3.8) is 0 Å². The summed E-state index contributed by atoms with van der Waals surface area (Å²) < 4.78 is 0. The Morgan fingerprint density at radius 1 is 0.833 bits per heavy atom. The van der Waals surface area contributed by atoms with Gasteiger partial charge in [0, 0.05) is 19.3 Å². The van der Waals surface area contributed by atoms with Gasteiger partial charge in [-0.1, -0.05) is 72.3 Å². The molecule has 1 aromatic heterocycles. The zero-order valence-electron chi connectivity index (χ0n) is 13.3. The van der Waals surface area contributed by atoms with Crippen molar-refractivity contribution in [1.82, 2.24) is 4.98 Å². The Labute approximate surface area is 147 Å². The number of rotatable bonds is 6. The minimum Gasteiger partial charge on any atom is -0.392 e. The molecule has 2 aromatic carbocycles. The van der Waals surface area contributed by atoms with Crippen molar-refractivity contribution in [3.8, 4) is 0 Å². The minimum absolute atomic E-state index is 0.0651. The Morgan fingerprint density at radius 2 is 1.38 bits per heavy atom. The van der Waals surface area contributed by atoms with Crippen molar-refractivity contribution in [3.05, 3.63) is 94.6 Å². The van der Waals surface area contributed by atoms with E-state index in [1.807, 2.05) is 36.4 Å². The van der Waals surface area contributed by atoms with E-state index in [1.54, 1.807) is 12.3 Å². The average Bonchev–Trinajstić information content (AvgIpc) is 2.63. The molecular weight excluding hydrogens is 320 g/mol. The smallest absolute Gasteiger partial charge is 0.147 e. The fraction of sp³-hybridized carbons (Fsp3) is 0.150. The predicted octanol–water partition coefficient (Wildman–Crippen LogP) is 4.43. The summed E-state index contributed by atoms with van der Waals surface area (Å²) in [7, 11) is 0. The number of aliphatic hydroxyl groups excluding tert-OH is 1. The van der Waals surface area contributed by atoms with E-state index in [1.165, 1.54) is 11.1 Å². The van der Waals surface area contributed by atoms with Crippen LogP contribution >= 0.6 is 11.6 Å². The number of benzene rings is 2. The normalized spacial score (nSPS) is 10.6. The molecule has 0 aliphatic heterocycles. The Morgan fingerprint density at radius 3 is 1.83 bits per heavy atom. The molecule has 3 rings (SSSR count). The van der Waals surface area contributed by atoms with E-state index in [4.69, 9.17) is 11.6 Å². The molecule has 24 heavy (non-hydrogen) atoms. The number of hydrogen-bond donors (Lipinski definition) is 1. The van der Waals surface area contributed by atoms with Crippen molar-refractivity contribution in [2.75, 3.05) is 4.90 Å². The summed E-state index contributed by atoms with van der Waals surface area (Å²) in [5.74, 6) is 0.724. The number of aromatic nitrogens is 1. The fourth-order valence-electron chi connectivity index (χ4n) is 2.60. The Kier molecular flexibility index (Phi) is 5.47. The molecule has 0 saturated heterocycles. The molecule has 0 atom stereocenters. The molecular formula is C20H19ClN2O. The van der Waals surface area contributed by atoms with Crippen molar-refractivity contribution < 1.29 is 5.11 Å². The molecule has 0 radical (unpaired) electrons. The number of pyridine rings is 1. The fourth-order valence-corrected chi connectivity index (χ4v) is 2.91. The number of aliphatic hydroxyl groups is 1. The van der Waals surface area contributed by atoms with Crippen LogP contribution in [0.5, 0.6) is 0 Å². The van der Waals surface area contributed by atoms with E-state index >= 15 is 0 Å². The lowest BCUT2D eigenvalue weighted by Gasteiger charge is -2.25. The maximum atomic E-state index is 9.25. The first kappa shape index (κ1) is 16.5. The minimum atomic E-state index is -0.0651. The van der Waals surface area contributed by atoms with Crippen LogP contribution in [0.25, 0.3) is 0 Å². The molecule has 1 heterocycles. The first-order valence-corrected chi connectivity index (χ1v) is 8.22. The van der Waals surface area contributed by atoms with Crippen molar-refractivity contribution >= 4 is 17.4 Å². The zero-order valence-corrected chi connectivity index (χ0v) is 14.0. The summed E-state index contributed by atoms with van der Waals surface area (Å²) in [6.07, 6.45) is 1.67. The van der Waals surface area contributed by atoms with Gasteiger partial charge < -0.3 is 10.0 Å². The van der Waals surface area contributed by atoms with Gasteiger partial charge in [-0.25, -0.2) is 4.98 Å². The van der Waals surface area contributed by atoms with Crippen LogP contribution in [-0.4, -0.2) is 10.1 Å². The van der Waals surface area contributed by atoms with E-state index in [9.17, 15) is 5.11 Å². The zero-order chi connectivity index (χ0) is 16.8. The largest absolute Gasteiger partial charge is 0.392 e. The van der Waals surface area contributed by atoms with Gasteiger partial charge in [-0.15, -0.1) is 0 Å². The first-order valence-electron chi connectivity index (χ1n) is 7.84. The maximum absolute atomic E-state index is 9.25. The van der Waals surface area contributed by atoms with Crippen LogP contribution in [0.2, 0.25) is 5.02 Å². The van der Waals surface area contributed by atoms with Crippen molar-refractivity contribution in [2.45, 2.75) is 19.7 Å². The molecule has 0 aliphatic rings. The van der Waals surface area contributed by atoms with Gasteiger partial charge in [0.25, 0.3) is 0 Å². The topological polar surface area (TPSA) is 36.4 Å². The molecule has 0 fully saturated rings. The number of anilines is 1. The van der Waals surface area contributed by atoms with E-state index in [0.717, 1.165) is 5.82 Å². The van der Waals surface area contributed by atoms with Crippen LogP contribution in [0.1, 0.15) is 16.7 Å². The second kappa shape index (κ2) is 7.95. The van der Waals surface area contributed by atoms with Crippen LogP contribution in [0.3, 0.4) is 0 Å². The molecule has 0 amide bonds. The van der Waals surface area contributed by atoms with Crippen LogP contribution in [0.15, 0.2) is 72.9 Å². The first-order chi connectivity index (χ1) is 11.8. The molecule has 3 aromatic rings. The lowest BCUT2D eigenvalue weighted by Crippen LogP contribution is -2.23. The highest BCUT2D eigenvalue weighted by Gasteiger charge is 2.14. The van der Waals surface area contributed by atoms with Gasteiger partial charge in [-0.05, 0) is 22.8 Å². The van der Waals surface area contributed by atoms with Crippen LogP contribution in [0, 0.1) is 0 Å². The van der Waals surface area contributed by atoms with E-state index < -0.39 is 0 Å². The lowest BCUT2D eigenvalue weighted by atomic mass is 10.1. The number of nitrogens with zero attached hydrogens (tertiary/aromatic N) is 2. The highest BCUT2D eigenvalue weighted by molar-refractivity contribution is 6.33. The molecule has 4 heteroatoms. The average molecular weight is 339 g/mol. The second-order valence-electron chi connectivity index (χ2n) is 5.63. The highest BCUT2D eigenvalue weighted by atomic mass is 35.5. The third-order valence-corrected chi connectivity index (χ3v) is 4.07. The van der Waals surface area contributed by atoms with Crippen LogP contribution in [0.4, 0.5) is 5.82 Å². The highest BCUT2D eigenvalue weighted by Crippen LogP contribution is 2.27. The van der Waals surface area contributed by atoms with E-state index in [0.29, 0.717) is 23.7 Å². The molecule has 3 nitrogen and oxygen atoms in total. The van der Waals surface area contributed by atoms with Crippen LogP contribution in [-0.2, 0) is 19.7 Å². The van der Waals surface area contributed by atoms with Gasteiger partial charge in [0.05, 0.1) is 11.6 Å². The molecule has 0 aliphatic carbocycles. The lowest BCUT2D eigenvalue weighted by molar-refractivity contribution is 0.281. The summed E-state index contributed by atoms with van der Waals surface area (Å²) in [5.41, 5.74) is 3.10. The van der Waals surface area contributed by atoms with E-state index in [-0.39, 0.29) is 6.61 Å². The van der Waals surface area contributed by atoms with Gasteiger partial charge in [0.15, 0.2) is 0 Å². The third kappa shape index (κ3) is 4.13. The van der Waals surface area contributed by atoms with Gasteiger partial charge in [0.2, 0.25) is 0 Å². The monoisotopic (exact) mass is 338 g/mol. The molecule has 1 N–H and O–H groups in total. The van der Waals surface area contributed by atoms with Gasteiger partial charge in [-0.2, -0.15) is 0 Å². The molecule has 0 spiro atoms.